The fraction of sp³-hybridized carbons (Fsp3) is 0.500. The molecule has 1 aromatic carbocycles. The predicted octanol–water partition coefficient (Wildman–Crippen LogP) is 1.83. The van der Waals surface area contributed by atoms with Gasteiger partial charge in [-0.15, -0.1) is 0 Å². The van der Waals surface area contributed by atoms with E-state index in [-0.39, 0.29) is 12.1 Å². The van der Waals surface area contributed by atoms with E-state index in [9.17, 15) is 9.90 Å². The van der Waals surface area contributed by atoms with Gasteiger partial charge >= 0.3 is 0 Å². The monoisotopic (exact) mass is 282 g/mol. The van der Waals surface area contributed by atoms with E-state index in [4.69, 9.17) is 17.3 Å². The van der Waals surface area contributed by atoms with Crippen LogP contribution in [0.5, 0.6) is 0 Å². The first-order valence-electron chi connectivity index (χ1n) is 6.50. The number of hydrogen-bond donors (Lipinski definition) is 3. The molecule has 0 atom stereocenters. The third-order valence-corrected chi connectivity index (χ3v) is 4.21. The van der Waals surface area contributed by atoms with Crippen LogP contribution in [0.25, 0.3) is 0 Å². The largest absolute Gasteiger partial charge is 0.394 e. The maximum Gasteiger partial charge on any atom is 0.248 e. The number of primary amides is 1. The summed E-state index contributed by atoms with van der Waals surface area (Å²) in [5, 5.41) is 13.4. The minimum atomic E-state index is -0.482. The summed E-state index contributed by atoms with van der Waals surface area (Å²) in [6.07, 6.45) is 4.25. The number of nitrogens with one attached hydrogen (secondary N) is 1. The van der Waals surface area contributed by atoms with Gasteiger partial charge in [0.1, 0.15) is 0 Å². The molecule has 0 saturated heterocycles. The Morgan fingerprint density at radius 3 is 2.63 bits per heavy atom. The number of carbonyl (C=O) groups is 1. The zero-order chi connectivity index (χ0) is 13.9. The van der Waals surface area contributed by atoms with Crippen LogP contribution in [-0.2, 0) is 6.54 Å². The van der Waals surface area contributed by atoms with Crippen molar-refractivity contribution >= 4 is 17.5 Å². The summed E-state index contributed by atoms with van der Waals surface area (Å²) in [5.74, 6) is -0.482. The molecule has 0 unspecified atom stereocenters. The molecular weight excluding hydrogens is 264 g/mol. The van der Waals surface area contributed by atoms with Gasteiger partial charge in [-0.3, -0.25) is 4.79 Å². The zero-order valence-electron chi connectivity index (χ0n) is 10.8. The second kappa shape index (κ2) is 5.90. The highest BCUT2D eigenvalue weighted by Crippen LogP contribution is 2.30. The molecule has 0 bridgehead atoms. The van der Waals surface area contributed by atoms with Gasteiger partial charge in [0.05, 0.1) is 6.61 Å². The lowest BCUT2D eigenvalue weighted by atomic mass is 9.98. The first-order valence-corrected chi connectivity index (χ1v) is 6.88. The smallest absolute Gasteiger partial charge is 0.248 e. The quantitative estimate of drug-likeness (QED) is 0.771. The lowest BCUT2D eigenvalue weighted by Crippen LogP contribution is -2.45. The molecule has 1 fully saturated rings. The number of aliphatic hydroxyl groups excluding tert-OH is 1. The average Bonchev–Trinajstić information content (AvgIpc) is 2.86. The Balaban J connectivity index is 2.05. The number of aliphatic hydroxyl groups is 1. The minimum absolute atomic E-state index is 0.143. The number of halogens is 1. The molecule has 104 valence electrons. The van der Waals surface area contributed by atoms with Crippen LogP contribution in [0.15, 0.2) is 18.2 Å². The van der Waals surface area contributed by atoms with Crippen LogP contribution in [0.4, 0.5) is 0 Å². The number of benzene rings is 1. The van der Waals surface area contributed by atoms with Crippen LogP contribution in [-0.4, -0.2) is 23.2 Å². The van der Waals surface area contributed by atoms with Gasteiger partial charge in [0, 0.05) is 22.7 Å². The Kier molecular flexibility index (Phi) is 4.45. The van der Waals surface area contributed by atoms with Crippen LogP contribution in [0.3, 0.4) is 0 Å². The van der Waals surface area contributed by atoms with E-state index in [1.807, 2.05) is 0 Å². The normalized spacial score (nSPS) is 17.6. The summed E-state index contributed by atoms with van der Waals surface area (Å²) < 4.78 is 0. The Bertz CT molecular complexity index is 471. The van der Waals surface area contributed by atoms with Crippen molar-refractivity contribution in [3.05, 3.63) is 34.3 Å². The highest BCUT2D eigenvalue weighted by atomic mass is 35.5. The average molecular weight is 283 g/mol. The van der Waals surface area contributed by atoms with E-state index in [0.29, 0.717) is 17.1 Å². The fourth-order valence-corrected chi connectivity index (χ4v) is 2.82. The third-order valence-electron chi connectivity index (χ3n) is 3.85. The molecule has 2 rings (SSSR count). The summed E-state index contributed by atoms with van der Waals surface area (Å²) >= 11 is 6.14. The van der Waals surface area contributed by atoms with Crippen LogP contribution in [0.2, 0.25) is 5.02 Å². The van der Waals surface area contributed by atoms with Crippen molar-refractivity contribution < 1.29 is 9.90 Å². The van der Waals surface area contributed by atoms with Crippen molar-refractivity contribution in [2.24, 2.45) is 5.73 Å². The molecular formula is C14H19ClN2O2. The molecule has 4 N–H and O–H groups in total. The predicted molar refractivity (Wildman–Crippen MR) is 75.1 cm³/mol. The molecule has 0 aromatic heterocycles. The molecule has 1 aromatic rings. The Labute approximate surface area is 117 Å². The number of hydrogen-bond acceptors (Lipinski definition) is 3. The molecule has 0 aliphatic heterocycles. The molecule has 1 saturated carbocycles. The van der Waals surface area contributed by atoms with Crippen LogP contribution in [0, 0.1) is 0 Å². The van der Waals surface area contributed by atoms with Gasteiger partial charge in [-0.05, 0) is 30.5 Å². The molecule has 1 aliphatic rings. The van der Waals surface area contributed by atoms with Gasteiger partial charge in [0.25, 0.3) is 0 Å². The van der Waals surface area contributed by atoms with Gasteiger partial charge in [0.15, 0.2) is 0 Å². The maximum absolute atomic E-state index is 11.0. The van der Waals surface area contributed by atoms with E-state index in [0.717, 1.165) is 31.2 Å². The zero-order valence-corrected chi connectivity index (χ0v) is 11.5. The van der Waals surface area contributed by atoms with Crippen LogP contribution in [0.1, 0.15) is 41.6 Å². The number of nitrogens with two attached hydrogens (primary N) is 1. The van der Waals surface area contributed by atoms with E-state index in [1.165, 1.54) is 0 Å². The molecule has 19 heavy (non-hydrogen) atoms. The summed E-state index contributed by atoms with van der Waals surface area (Å²) in [5.41, 5.74) is 6.35. The Hall–Kier alpha value is -1.10. The lowest BCUT2D eigenvalue weighted by molar-refractivity contribution is 0.100. The fourth-order valence-electron chi connectivity index (χ4n) is 2.57. The van der Waals surface area contributed by atoms with Crippen molar-refractivity contribution in [3.63, 3.8) is 0 Å². The highest BCUT2D eigenvalue weighted by molar-refractivity contribution is 6.31. The Morgan fingerprint density at radius 1 is 1.42 bits per heavy atom. The first-order chi connectivity index (χ1) is 9.06. The van der Waals surface area contributed by atoms with Crippen molar-refractivity contribution in [1.29, 1.82) is 0 Å². The van der Waals surface area contributed by atoms with Gasteiger partial charge in [-0.1, -0.05) is 30.5 Å². The van der Waals surface area contributed by atoms with Crippen molar-refractivity contribution in [2.45, 2.75) is 37.8 Å². The Morgan fingerprint density at radius 2 is 2.11 bits per heavy atom. The summed E-state index contributed by atoms with van der Waals surface area (Å²) in [6.45, 7) is 0.725. The van der Waals surface area contributed by atoms with Gasteiger partial charge < -0.3 is 16.2 Å². The van der Waals surface area contributed by atoms with Crippen LogP contribution >= 0.6 is 11.6 Å². The molecule has 1 amide bonds. The van der Waals surface area contributed by atoms with Crippen LogP contribution < -0.4 is 11.1 Å². The number of rotatable bonds is 5. The van der Waals surface area contributed by atoms with Gasteiger partial charge in [-0.25, -0.2) is 0 Å². The van der Waals surface area contributed by atoms with Crippen molar-refractivity contribution in [2.75, 3.05) is 6.61 Å². The molecule has 0 spiro atoms. The SMILES string of the molecule is NC(=O)c1ccc(CNC2(CO)CCCC2)c(Cl)c1. The van der Waals surface area contributed by atoms with E-state index < -0.39 is 5.91 Å². The highest BCUT2D eigenvalue weighted by Gasteiger charge is 2.32. The second-order valence-corrected chi connectivity index (χ2v) is 5.58. The lowest BCUT2D eigenvalue weighted by Gasteiger charge is -2.28. The molecule has 1 aliphatic carbocycles. The van der Waals surface area contributed by atoms with Crippen molar-refractivity contribution in [1.82, 2.24) is 5.32 Å². The number of carbonyl (C=O) groups excluding carboxylic acids is 1. The van der Waals surface area contributed by atoms with E-state index in [1.54, 1.807) is 18.2 Å². The third kappa shape index (κ3) is 3.26. The molecule has 0 heterocycles. The van der Waals surface area contributed by atoms with Gasteiger partial charge in [0.2, 0.25) is 5.91 Å². The van der Waals surface area contributed by atoms with Gasteiger partial charge in [-0.2, -0.15) is 0 Å². The first kappa shape index (κ1) is 14.3. The number of amides is 1. The molecule has 4 nitrogen and oxygen atoms in total. The second-order valence-electron chi connectivity index (χ2n) is 5.17. The van der Waals surface area contributed by atoms with E-state index >= 15 is 0 Å². The summed E-state index contributed by atoms with van der Waals surface area (Å²) in [6, 6.07) is 5.06. The standard InChI is InChI=1S/C14H19ClN2O2/c15-12-7-10(13(16)19)3-4-11(12)8-17-14(9-18)5-1-2-6-14/h3-4,7,17-18H,1-2,5-6,8-9H2,(H2,16,19). The minimum Gasteiger partial charge on any atom is -0.394 e. The van der Waals surface area contributed by atoms with Crippen molar-refractivity contribution in [3.8, 4) is 0 Å². The summed E-state index contributed by atoms with van der Waals surface area (Å²) in [4.78, 5) is 11.0. The molecule has 0 radical (unpaired) electrons. The topological polar surface area (TPSA) is 75.4 Å². The molecule has 5 heteroatoms. The maximum atomic E-state index is 11.0. The summed E-state index contributed by atoms with van der Waals surface area (Å²) in [7, 11) is 0. The van der Waals surface area contributed by atoms with E-state index in [2.05, 4.69) is 5.32 Å².